The van der Waals surface area contributed by atoms with Crippen molar-refractivity contribution < 1.29 is 9.59 Å². The molecule has 0 spiro atoms. The lowest BCUT2D eigenvalue weighted by Crippen LogP contribution is -2.47. The molecule has 1 saturated carbocycles. The zero-order valence-electron chi connectivity index (χ0n) is 12.7. The van der Waals surface area contributed by atoms with E-state index < -0.39 is 0 Å². The summed E-state index contributed by atoms with van der Waals surface area (Å²) in [4.78, 5) is 24.5. The number of anilines is 2. The van der Waals surface area contributed by atoms with Crippen molar-refractivity contribution >= 4 is 34.0 Å². The molecule has 2 heterocycles. The molecule has 7 nitrogen and oxygen atoms in total. The van der Waals surface area contributed by atoms with Crippen molar-refractivity contribution in [2.24, 2.45) is 0 Å². The zero-order valence-corrected chi connectivity index (χ0v) is 13.5. The Bertz CT molecular complexity index is 813. The third-order valence-corrected chi connectivity index (χ3v) is 4.81. The maximum Gasteiger partial charge on any atom is 0.275 e. The van der Waals surface area contributed by atoms with Crippen molar-refractivity contribution in [2.45, 2.75) is 25.2 Å². The van der Waals surface area contributed by atoms with E-state index >= 15 is 0 Å². The molecule has 0 saturated heterocycles. The zero-order chi connectivity index (χ0) is 16.5. The molecule has 24 heavy (non-hydrogen) atoms. The molecule has 1 aliphatic heterocycles. The van der Waals surface area contributed by atoms with Crippen LogP contribution in [0.15, 0.2) is 42.1 Å². The van der Waals surface area contributed by atoms with Gasteiger partial charge in [0.05, 0.1) is 5.69 Å². The van der Waals surface area contributed by atoms with E-state index in [9.17, 15) is 9.59 Å². The predicted octanol–water partition coefficient (Wildman–Crippen LogP) is 2.18. The summed E-state index contributed by atoms with van der Waals surface area (Å²) in [5, 5.41) is 13.7. The van der Waals surface area contributed by atoms with Crippen molar-refractivity contribution in [3.8, 4) is 0 Å². The van der Waals surface area contributed by atoms with Gasteiger partial charge in [-0.3, -0.25) is 20.3 Å². The van der Waals surface area contributed by atoms with E-state index in [0.717, 1.165) is 17.8 Å². The number of rotatable bonds is 4. The number of hydrogen-bond acceptors (Lipinski definition) is 6. The van der Waals surface area contributed by atoms with Gasteiger partial charge in [-0.15, -0.1) is 10.2 Å². The minimum atomic E-state index is -0.332. The van der Waals surface area contributed by atoms with Crippen LogP contribution in [0.4, 0.5) is 10.8 Å². The molecule has 1 fully saturated rings. The van der Waals surface area contributed by atoms with E-state index in [1.165, 1.54) is 16.3 Å². The number of benzene rings is 1. The molecule has 1 aliphatic carbocycles. The SMILES string of the molecule is O=C(Nc1nnc(C2CC2)s1)C1=CCC(=O)N(c2ccccc2)N1. The van der Waals surface area contributed by atoms with Crippen LogP contribution in [0.1, 0.15) is 30.2 Å². The van der Waals surface area contributed by atoms with Gasteiger partial charge in [-0.2, -0.15) is 0 Å². The molecule has 0 radical (unpaired) electrons. The average molecular weight is 341 g/mol. The number of hydrogen-bond donors (Lipinski definition) is 2. The Labute approximate surface area is 142 Å². The lowest BCUT2D eigenvalue weighted by molar-refractivity contribution is -0.119. The van der Waals surface area contributed by atoms with Crippen LogP contribution >= 0.6 is 11.3 Å². The summed E-state index contributed by atoms with van der Waals surface area (Å²) in [6.45, 7) is 0. The molecule has 8 heteroatoms. The fourth-order valence-electron chi connectivity index (χ4n) is 2.38. The Balaban J connectivity index is 1.46. The van der Waals surface area contributed by atoms with Crippen molar-refractivity contribution in [1.29, 1.82) is 0 Å². The number of nitrogens with zero attached hydrogens (tertiary/aromatic N) is 3. The highest BCUT2D eigenvalue weighted by molar-refractivity contribution is 7.15. The molecule has 1 aromatic heterocycles. The molecule has 2 aromatic rings. The van der Waals surface area contributed by atoms with Crippen molar-refractivity contribution in [3.63, 3.8) is 0 Å². The van der Waals surface area contributed by atoms with Gasteiger partial charge in [-0.05, 0) is 31.1 Å². The van der Waals surface area contributed by atoms with E-state index in [2.05, 4.69) is 20.9 Å². The van der Waals surface area contributed by atoms with E-state index in [-0.39, 0.29) is 18.2 Å². The first-order valence-corrected chi connectivity index (χ1v) is 8.52. The summed E-state index contributed by atoms with van der Waals surface area (Å²) in [6.07, 6.45) is 4.03. The Morgan fingerprint density at radius 3 is 2.79 bits per heavy atom. The molecular formula is C16H15N5O2S. The van der Waals surface area contributed by atoms with Gasteiger partial charge in [0.2, 0.25) is 11.0 Å². The summed E-state index contributed by atoms with van der Waals surface area (Å²) in [7, 11) is 0. The van der Waals surface area contributed by atoms with Crippen LogP contribution in [0.25, 0.3) is 0 Å². The Kier molecular flexibility index (Phi) is 3.73. The van der Waals surface area contributed by atoms with Gasteiger partial charge in [0, 0.05) is 12.3 Å². The first-order valence-electron chi connectivity index (χ1n) is 7.70. The van der Waals surface area contributed by atoms with E-state index in [1.807, 2.05) is 18.2 Å². The number of para-hydroxylation sites is 1. The molecule has 122 valence electrons. The third-order valence-electron chi connectivity index (χ3n) is 3.81. The lowest BCUT2D eigenvalue weighted by Gasteiger charge is -2.28. The topological polar surface area (TPSA) is 87.2 Å². The van der Waals surface area contributed by atoms with Gasteiger partial charge >= 0.3 is 0 Å². The second-order valence-electron chi connectivity index (χ2n) is 5.67. The maximum atomic E-state index is 12.4. The predicted molar refractivity (Wildman–Crippen MR) is 90.3 cm³/mol. The molecule has 0 unspecified atom stereocenters. The van der Waals surface area contributed by atoms with Crippen LogP contribution in [0, 0.1) is 0 Å². The van der Waals surface area contributed by atoms with E-state index in [0.29, 0.717) is 22.4 Å². The molecule has 0 atom stereocenters. The fraction of sp³-hybridized carbons (Fsp3) is 0.250. The van der Waals surface area contributed by atoms with Crippen LogP contribution < -0.4 is 15.8 Å². The summed E-state index contributed by atoms with van der Waals surface area (Å²) in [5.41, 5.74) is 3.88. The summed E-state index contributed by atoms with van der Waals surface area (Å²) < 4.78 is 0. The molecule has 4 rings (SSSR count). The fourth-order valence-corrected chi connectivity index (χ4v) is 3.29. The highest BCUT2D eigenvalue weighted by Crippen LogP contribution is 2.42. The minimum Gasteiger partial charge on any atom is -0.295 e. The summed E-state index contributed by atoms with van der Waals surface area (Å²) >= 11 is 1.40. The second kappa shape index (κ2) is 6.04. The van der Waals surface area contributed by atoms with Crippen LogP contribution in [-0.2, 0) is 9.59 Å². The van der Waals surface area contributed by atoms with Crippen molar-refractivity contribution in [3.05, 3.63) is 47.1 Å². The minimum absolute atomic E-state index is 0.121. The van der Waals surface area contributed by atoms with Crippen LogP contribution in [-0.4, -0.2) is 22.0 Å². The molecule has 1 aromatic carbocycles. The normalized spacial score (nSPS) is 17.2. The van der Waals surface area contributed by atoms with Crippen LogP contribution in [0.3, 0.4) is 0 Å². The molecule has 2 N–H and O–H groups in total. The summed E-state index contributed by atoms with van der Waals surface area (Å²) in [6, 6.07) is 9.15. The van der Waals surface area contributed by atoms with E-state index in [1.54, 1.807) is 18.2 Å². The number of aromatic nitrogens is 2. The number of carbonyl (C=O) groups excluding carboxylic acids is 2. The quantitative estimate of drug-likeness (QED) is 0.890. The van der Waals surface area contributed by atoms with E-state index in [4.69, 9.17) is 0 Å². The standard InChI is InChI=1S/C16H15N5O2S/c22-13-9-8-12(20-21(13)11-4-2-1-3-5-11)14(23)17-16-19-18-15(24-16)10-6-7-10/h1-5,8,10,20H,6-7,9H2,(H,17,19,23). The van der Waals surface area contributed by atoms with Gasteiger partial charge < -0.3 is 0 Å². The third kappa shape index (κ3) is 3.00. The van der Waals surface area contributed by atoms with Gasteiger partial charge in [0.15, 0.2) is 0 Å². The highest BCUT2D eigenvalue weighted by atomic mass is 32.1. The summed E-state index contributed by atoms with van der Waals surface area (Å²) in [5.74, 6) is 0.0537. The average Bonchev–Trinajstić information content (AvgIpc) is 3.36. The molecule has 0 bridgehead atoms. The first kappa shape index (κ1) is 14.8. The Morgan fingerprint density at radius 1 is 1.25 bits per heavy atom. The number of hydrazine groups is 1. The molecule has 2 amide bonds. The lowest BCUT2D eigenvalue weighted by atomic mass is 10.2. The van der Waals surface area contributed by atoms with Gasteiger partial charge in [-0.25, -0.2) is 5.01 Å². The molecular weight excluding hydrogens is 326 g/mol. The molecule has 2 aliphatic rings. The van der Waals surface area contributed by atoms with Crippen molar-refractivity contribution in [2.75, 3.05) is 10.3 Å². The number of carbonyl (C=O) groups is 2. The maximum absolute atomic E-state index is 12.4. The Morgan fingerprint density at radius 2 is 2.04 bits per heavy atom. The van der Waals surface area contributed by atoms with Crippen LogP contribution in [0.5, 0.6) is 0 Å². The largest absolute Gasteiger partial charge is 0.295 e. The monoisotopic (exact) mass is 341 g/mol. The van der Waals surface area contributed by atoms with Crippen LogP contribution in [0.2, 0.25) is 0 Å². The Hall–Kier alpha value is -2.74. The van der Waals surface area contributed by atoms with Crippen molar-refractivity contribution in [1.82, 2.24) is 15.6 Å². The van der Waals surface area contributed by atoms with Gasteiger partial charge in [0.1, 0.15) is 10.7 Å². The van der Waals surface area contributed by atoms with Gasteiger partial charge in [-0.1, -0.05) is 29.5 Å². The first-order chi connectivity index (χ1) is 11.7. The van der Waals surface area contributed by atoms with Gasteiger partial charge in [0.25, 0.3) is 5.91 Å². The highest BCUT2D eigenvalue weighted by Gasteiger charge is 2.28. The smallest absolute Gasteiger partial charge is 0.275 e. The second-order valence-corrected chi connectivity index (χ2v) is 6.68. The number of amides is 2. The number of nitrogens with one attached hydrogen (secondary N) is 2.